The average molecular weight is 381 g/mol. The minimum atomic E-state index is -0.250. The fourth-order valence-electron chi connectivity index (χ4n) is 3.85. The predicted molar refractivity (Wildman–Crippen MR) is 104 cm³/mol. The van der Waals surface area contributed by atoms with E-state index >= 15 is 0 Å². The zero-order chi connectivity index (χ0) is 18.4. The van der Waals surface area contributed by atoms with Crippen LogP contribution in [-0.4, -0.2) is 48.3 Å². The highest BCUT2D eigenvalue weighted by atomic mass is 32.1. The third-order valence-corrected chi connectivity index (χ3v) is 6.31. The van der Waals surface area contributed by atoms with Crippen LogP contribution in [0, 0.1) is 0 Å². The molecule has 2 aliphatic heterocycles. The molecule has 1 amide bonds. The first-order chi connectivity index (χ1) is 13.2. The Morgan fingerprint density at radius 3 is 2.85 bits per heavy atom. The summed E-state index contributed by atoms with van der Waals surface area (Å²) in [5.74, 6) is 0.787. The third kappa shape index (κ3) is 2.78. The quantitative estimate of drug-likeness (QED) is 0.692. The van der Waals surface area contributed by atoms with E-state index in [1.807, 2.05) is 47.4 Å². The molecule has 2 aliphatic rings. The molecule has 0 unspecified atom stereocenters. The molecule has 0 bridgehead atoms. The largest absolute Gasteiger partial charge is 0.496 e. The lowest BCUT2D eigenvalue weighted by Gasteiger charge is -2.23. The van der Waals surface area contributed by atoms with Crippen molar-refractivity contribution >= 4 is 32.8 Å². The molecule has 0 spiro atoms. The lowest BCUT2D eigenvalue weighted by Crippen LogP contribution is -2.37. The maximum Gasteiger partial charge on any atom is 0.410 e. The van der Waals surface area contributed by atoms with Crippen LogP contribution in [0.2, 0.25) is 0 Å². The number of hydrogen-bond acceptors (Lipinski definition) is 6. The smallest absolute Gasteiger partial charge is 0.410 e. The molecule has 1 aromatic heterocycles. The number of anilines is 1. The topological polar surface area (TPSA) is 54.9 Å². The first-order valence-electron chi connectivity index (χ1n) is 8.92. The minimum absolute atomic E-state index is 0.0226. The van der Waals surface area contributed by atoms with Gasteiger partial charge in [-0.25, -0.2) is 9.78 Å². The lowest BCUT2D eigenvalue weighted by molar-refractivity contribution is 0.135. The monoisotopic (exact) mass is 381 g/mol. The highest BCUT2D eigenvalue weighted by molar-refractivity contribution is 7.22. The lowest BCUT2D eigenvalue weighted by atomic mass is 10.1. The molecule has 2 fully saturated rings. The van der Waals surface area contributed by atoms with Crippen molar-refractivity contribution in [3.8, 4) is 5.75 Å². The standard InChI is InChI=1S/C20H19N3O3S/c1-25-16-8-4-2-6-13(16)10-23-15-11-22(12-17(15)26-20(23)24)19-21-14-7-3-5-9-18(14)27-19/h2-9,15,17H,10-12H2,1H3/t15-,17+/m0/s1. The van der Waals surface area contributed by atoms with E-state index < -0.39 is 0 Å². The van der Waals surface area contributed by atoms with E-state index in [0.717, 1.165) is 28.5 Å². The van der Waals surface area contributed by atoms with Crippen LogP contribution >= 0.6 is 11.3 Å². The zero-order valence-electron chi connectivity index (χ0n) is 14.9. The summed E-state index contributed by atoms with van der Waals surface area (Å²) in [6.07, 6.45) is -0.376. The average Bonchev–Trinajstić information content (AvgIpc) is 3.36. The molecular formula is C20H19N3O3S. The molecule has 2 saturated heterocycles. The number of ether oxygens (including phenoxy) is 2. The van der Waals surface area contributed by atoms with Gasteiger partial charge in [0.2, 0.25) is 0 Å². The summed E-state index contributed by atoms with van der Waals surface area (Å²) in [5.41, 5.74) is 1.99. The summed E-state index contributed by atoms with van der Waals surface area (Å²) in [5, 5.41) is 0.985. The summed E-state index contributed by atoms with van der Waals surface area (Å²) in [4.78, 5) is 21.2. The molecule has 0 aliphatic carbocycles. The normalized spacial score (nSPS) is 21.6. The van der Waals surface area contributed by atoms with Crippen molar-refractivity contribution in [1.29, 1.82) is 0 Å². The molecule has 27 heavy (non-hydrogen) atoms. The second-order valence-corrected chi connectivity index (χ2v) is 7.81. The van der Waals surface area contributed by atoms with E-state index in [4.69, 9.17) is 14.5 Å². The molecule has 6 nitrogen and oxygen atoms in total. The number of carbonyl (C=O) groups excluding carboxylic acids is 1. The van der Waals surface area contributed by atoms with Gasteiger partial charge in [-0.15, -0.1) is 0 Å². The van der Waals surface area contributed by atoms with Crippen molar-refractivity contribution in [1.82, 2.24) is 9.88 Å². The van der Waals surface area contributed by atoms with Gasteiger partial charge in [-0.2, -0.15) is 0 Å². The van der Waals surface area contributed by atoms with Gasteiger partial charge in [-0.05, 0) is 18.2 Å². The number of fused-ring (bicyclic) bond motifs is 2. The molecule has 2 atom stereocenters. The Hall–Kier alpha value is -2.80. The number of amides is 1. The number of rotatable bonds is 4. The number of methoxy groups -OCH3 is 1. The highest BCUT2D eigenvalue weighted by Gasteiger charge is 2.48. The van der Waals surface area contributed by atoms with Gasteiger partial charge in [0, 0.05) is 12.1 Å². The van der Waals surface area contributed by atoms with Gasteiger partial charge in [0.15, 0.2) is 5.13 Å². The summed E-state index contributed by atoms with van der Waals surface area (Å²) in [6.45, 7) is 1.89. The van der Waals surface area contributed by atoms with E-state index in [9.17, 15) is 4.79 Å². The molecule has 0 N–H and O–H groups in total. The molecule has 3 heterocycles. The maximum atomic E-state index is 12.4. The number of aromatic nitrogens is 1. The Kier molecular flexibility index (Phi) is 3.89. The van der Waals surface area contributed by atoms with E-state index in [-0.39, 0.29) is 18.2 Å². The SMILES string of the molecule is COc1ccccc1CN1C(=O)O[C@@H]2CN(c3nc4ccccc4s3)C[C@@H]21. The first-order valence-corrected chi connectivity index (χ1v) is 9.74. The van der Waals surface area contributed by atoms with E-state index in [1.165, 1.54) is 4.70 Å². The van der Waals surface area contributed by atoms with Gasteiger partial charge in [0.25, 0.3) is 0 Å². The number of carbonyl (C=O) groups is 1. The van der Waals surface area contributed by atoms with Gasteiger partial charge in [-0.1, -0.05) is 41.7 Å². The second kappa shape index (κ2) is 6.42. The van der Waals surface area contributed by atoms with Crippen LogP contribution < -0.4 is 9.64 Å². The summed E-state index contributed by atoms with van der Waals surface area (Å²) >= 11 is 1.68. The maximum absolute atomic E-state index is 12.4. The Balaban J connectivity index is 1.38. The van der Waals surface area contributed by atoms with E-state index in [2.05, 4.69) is 11.0 Å². The van der Waals surface area contributed by atoms with Crippen molar-refractivity contribution in [2.75, 3.05) is 25.1 Å². The van der Waals surface area contributed by atoms with Crippen LogP contribution in [0.15, 0.2) is 48.5 Å². The molecule has 5 rings (SSSR count). The van der Waals surface area contributed by atoms with Gasteiger partial charge >= 0.3 is 6.09 Å². The van der Waals surface area contributed by atoms with Crippen LogP contribution in [0.4, 0.5) is 9.93 Å². The second-order valence-electron chi connectivity index (χ2n) is 6.80. The van der Waals surface area contributed by atoms with Crippen LogP contribution in [-0.2, 0) is 11.3 Å². The van der Waals surface area contributed by atoms with Crippen molar-refractivity contribution < 1.29 is 14.3 Å². The first kappa shape index (κ1) is 16.4. The summed E-state index contributed by atoms with van der Waals surface area (Å²) in [6, 6.07) is 15.9. The van der Waals surface area contributed by atoms with Crippen molar-refractivity contribution in [3.63, 3.8) is 0 Å². The molecular weight excluding hydrogens is 362 g/mol. The summed E-state index contributed by atoms with van der Waals surface area (Å²) < 4.78 is 12.3. The number of benzene rings is 2. The number of para-hydroxylation sites is 2. The Morgan fingerprint density at radius 2 is 2.00 bits per heavy atom. The molecule has 3 aromatic rings. The third-order valence-electron chi connectivity index (χ3n) is 5.21. The molecule has 0 radical (unpaired) electrons. The Labute approximate surface area is 160 Å². The van der Waals surface area contributed by atoms with E-state index in [0.29, 0.717) is 13.1 Å². The molecule has 7 heteroatoms. The van der Waals surface area contributed by atoms with Crippen LogP contribution in [0.25, 0.3) is 10.2 Å². The summed E-state index contributed by atoms with van der Waals surface area (Å²) in [7, 11) is 1.65. The molecule has 2 aromatic carbocycles. The molecule has 138 valence electrons. The van der Waals surface area contributed by atoms with Crippen molar-refractivity contribution in [3.05, 3.63) is 54.1 Å². The fourth-order valence-corrected chi connectivity index (χ4v) is 4.84. The molecule has 0 saturated carbocycles. The van der Waals surface area contributed by atoms with Crippen molar-refractivity contribution in [2.45, 2.75) is 18.7 Å². The number of hydrogen-bond donors (Lipinski definition) is 0. The van der Waals surface area contributed by atoms with E-state index in [1.54, 1.807) is 18.4 Å². The van der Waals surface area contributed by atoms with Gasteiger partial charge < -0.3 is 14.4 Å². The van der Waals surface area contributed by atoms with Gasteiger partial charge in [0.1, 0.15) is 11.9 Å². The van der Waals surface area contributed by atoms with Crippen LogP contribution in [0.5, 0.6) is 5.75 Å². The van der Waals surface area contributed by atoms with Crippen LogP contribution in [0.1, 0.15) is 5.56 Å². The number of nitrogens with zero attached hydrogens (tertiary/aromatic N) is 3. The minimum Gasteiger partial charge on any atom is -0.496 e. The highest BCUT2D eigenvalue weighted by Crippen LogP contribution is 2.35. The number of thiazole rings is 1. The Morgan fingerprint density at radius 1 is 1.19 bits per heavy atom. The predicted octanol–water partition coefficient (Wildman–Crippen LogP) is 3.51. The van der Waals surface area contributed by atoms with Gasteiger partial charge in [0.05, 0.1) is 36.5 Å². The van der Waals surface area contributed by atoms with Gasteiger partial charge in [-0.3, -0.25) is 4.90 Å². The zero-order valence-corrected chi connectivity index (χ0v) is 15.7. The van der Waals surface area contributed by atoms with Crippen LogP contribution in [0.3, 0.4) is 0 Å². The van der Waals surface area contributed by atoms with Crippen molar-refractivity contribution in [2.24, 2.45) is 0 Å². The Bertz CT molecular complexity index is 972. The fraction of sp³-hybridized carbons (Fsp3) is 0.300.